The molecular formula is C14H23N3O2. The summed E-state index contributed by atoms with van der Waals surface area (Å²) in [7, 11) is 1.47. The van der Waals surface area contributed by atoms with Crippen molar-refractivity contribution in [1.82, 2.24) is 14.5 Å². The largest absolute Gasteiger partial charge is 0.469 e. The Labute approximate surface area is 114 Å². The Morgan fingerprint density at radius 3 is 3.05 bits per heavy atom. The van der Waals surface area contributed by atoms with Crippen LogP contribution in [0.4, 0.5) is 0 Å². The van der Waals surface area contributed by atoms with Gasteiger partial charge in [-0.3, -0.25) is 9.69 Å². The number of hydrogen-bond acceptors (Lipinski definition) is 4. The van der Waals surface area contributed by atoms with E-state index in [1.807, 2.05) is 12.5 Å². The van der Waals surface area contributed by atoms with Gasteiger partial charge in [0.15, 0.2) is 0 Å². The number of carbonyl (C=O) groups is 1. The molecule has 0 aromatic carbocycles. The topological polar surface area (TPSA) is 47.4 Å². The Bertz CT molecular complexity index is 428. The molecule has 106 valence electrons. The Morgan fingerprint density at radius 1 is 1.58 bits per heavy atom. The highest BCUT2D eigenvalue weighted by molar-refractivity contribution is 5.72. The Morgan fingerprint density at radius 2 is 2.37 bits per heavy atom. The van der Waals surface area contributed by atoms with E-state index < -0.39 is 0 Å². The van der Waals surface area contributed by atoms with Gasteiger partial charge >= 0.3 is 5.97 Å². The minimum atomic E-state index is -0.0814. The number of aromatic nitrogens is 2. The van der Waals surface area contributed by atoms with Crippen LogP contribution in [-0.2, 0) is 16.1 Å². The maximum absolute atomic E-state index is 11.6. The molecule has 0 radical (unpaired) electrons. The van der Waals surface area contributed by atoms with Crippen molar-refractivity contribution in [2.75, 3.05) is 20.2 Å². The SMILES string of the molecule is COC(=O)C1CCCN(Cc2cncn2C(C)C)C1. The maximum Gasteiger partial charge on any atom is 0.309 e. The lowest BCUT2D eigenvalue weighted by molar-refractivity contribution is -0.147. The van der Waals surface area contributed by atoms with Gasteiger partial charge < -0.3 is 9.30 Å². The van der Waals surface area contributed by atoms with Crippen LogP contribution in [0.5, 0.6) is 0 Å². The fourth-order valence-electron chi connectivity index (χ4n) is 2.71. The molecule has 1 aliphatic heterocycles. The minimum Gasteiger partial charge on any atom is -0.469 e. The molecular weight excluding hydrogens is 242 g/mol. The normalized spacial score (nSPS) is 20.7. The second-order valence-corrected chi connectivity index (χ2v) is 5.48. The zero-order valence-corrected chi connectivity index (χ0v) is 12.0. The van der Waals surface area contributed by atoms with Crippen molar-refractivity contribution < 1.29 is 9.53 Å². The first-order valence-corrected chi connectivity index (χ1v) is 6.92. The third-order valence-electron chi connectivity index (χ3n) is 3.73. The average molecular weight is 265 g/mol. The minimum absolute atomic E-state index is 0.0224. The number of piperidine rings is 1. The molecule has 0 bridgehead atoms. The van der Waals surface area contributed by atoms with E-state index in [1.54, 1.807) is 0 Å². The molecule has 0 amide bonds. The number of nitrogens with zero attached hydrogens (tertiary/aromatic N) is 3. The van der Waals surface area contributed by atoms with E-state index in [9.17, 15) is 4.79 Å². The number of esters is 1. The van der Waals surface area contributed by atoms with E-state index in [1.165, 1.54) is 12.8 Å². The van der Waals surface area contributed by atoms with Crippen molar-refractivity contribution in [3.63, 3.8) is 0 Å². The van der Waals surface area contributed by atoms with E-state index in [4.69, 9.17) is 4.74 Å². The first kappa shape index (κ1) is 14.1. The Balaban J connectivity index is 1.99. The van der Waals surface area contributed by atoms with Gasteiger partial charge in [0, 0.05) is 25.3 Å². The predicted octanol–water partition coefficient (Wildman–Crippen LogP) is 1.85. The standard InChI is InChI=1S/C14H23N3O2/c1-11(2)17-10-15-7-13(17)9-16-6-4-5-12(8-16)14(18)19-3/h7,10-12H,4-6,8-9H2,1-3H3. The van der Waals surface area contributed by atoms with Gasteiger partial charge in [0.2, 0.25) is 0 Å². The van der Waals surface area contributed by atoms with Gasteiger partial charge in [-0.25, -0.2) is 4.98 Å². The summed E-state index contributed by atoms with van der Waals surface area (Å²) < 4.78 is 7.03. The molecule has 0 saturated carbocycles. The molecule has 1 saturated heterocycles. The molecule has 1 unspecified atom stereocenters. The van der Waals surface area contributed by atoms with Gasteiger partial charge in [0.05, 0.1) is 25.0 Å². The summed E-state index contributed by atoms with van der Waals surface area (Å²) in [6.07, 6.45) is 5.78. The van der Waals surface area contributed by atoms with Crippen LogP contribution in [0, 0.1) is 5.92 Å². The third kappa shape index (κ3) is 3.35. The third-order valence-corrected chi connectivity index (χ3v) is 3.73. The molecule has 1 aromatic rings. The van der Waals surface area contributed by atoms with Crippen molar-refractivity contribution >= 4 is 5.97 Å². The number of hydrogen-bond donors (Lipinski definition) is 0. The lowest BCUT2D eigenvalue weighted by Gasteiger charge is -2.31. The van der Waals surface area contributed by atoms with Crippen molar-refractivity contribution in [2.45, 2.75) is 39.3 Å². The van der Waals surface area contributed by atoms with Crippen LogP contribution in [0.15, 0.2) is 12.5 Å². The molecule has 2 heterocycles. The van der Waals surface area contributed by atoms with E-state index in [2.05, 4.69) is 28.3 Å². The van der Waals surface area contributed by atoms with Gasteiger partial charge in [-0.05, 0) is 33.2 Å². The molecule has 1 atom stereocenters. The van der Waals surface area contributed by atoms with E-state index in [-0.39, 0.29) is 11.9 Å². The van der Waals surface area contributed by atoms with Crippen LogP contribution in [0.25, 0.3) is 0 Å². The van der Waals surface area contributed by atoms with Gasteiger partial charge in [-0.1, -0.05) is 0 Å². The van der Waals surface area contributed by atoms with Crippen molar-refractivity contribution in [1.29, 1.82) is 0 Å². The van der Waals surface area contributed by atoms with Crippen LogP contribution >= 0.6 is 0 Å². The van der Waals surface area contributed by atoms with E-state index >= 15 is 0 Å². The number of likely N-dealkylation sites (tertiary alicyclic amines) is 1. The van der Waals surface area contributed by atoms with Gasteiger partial charge in [-0.2, -0.15) is 0 Å². The molecule has 0 aliphatic carbocycles. The number of rotatable bonds is 4. The summed E-state index contributed by atoms with van der Waals surface area (Å²) >= 11 is 0. The lowest BCUT2D eigenvalue weighted by Crippen LogP contribution is -2.39. The van der Waals surface area contributed by atoms with Crippen LogP contribution < -0.4 is 0 Å². The van der Waals surface area contributed by atoms with Gasteiger partial charge in [-0.15, -0.1) is 0 Å². The molecule has 1 aliphatic rings. The maximum atomic E-state index is 11.6. The molecule has 0 spiro atoms. The van der Waals surface area contributed by atoms with Crippen LogP contribution in [-0.4, -0.2) is 40.6 Å². The molecule has 1 aromatic heterocycles. The summed E-state index contributed by atoms with van der Waals surface area (Å²) in [5.41, 5.74) is 1.21. The van der Waals surface area contributed by atoms with E-state index in [0.717, 1.165) is 32.5 Å². The fraction of sp³-hybridized carbons (Fsp3) is 0.714. The number of methoxy groups -OCH3 is 1. The van der Waals surface area contributed by atoms with Crippen molar-refractivity contribution in [3.8, 4) is 0 Å². The summed E-state index contributed by atoms with van der Waals surface area (Å²) in [5.74, 6) is -0.0590. The zero-order valence-electron chi connectivity index (χ0n) is 12.0. The molecule has 0 N–H and O–H groups in total. The molecule has 5 nitrogen and oxygen atoms in total. The smallest absolute Gasteiger partial charge is 0.309 e. The lowest BCUT2D eigenvalue weighted by atomic mass is 9.98. The second-order valence-electron chi connectivity index (χ2n) is 5.48. The van der Waals surface area contributed by atoms with E-state index in [0.29, 0.717) is 6.04 Å². The van der Waals surface area contributed by atoms with Crippen molar-refractivity contribution in [2.24, 2.45) is 5.92 Å². The second kappa shape index (κ2) is 6.19. The quantitative estimate of drug-likeness (QED) is 0.780. The first-order valence-electron chi connectivity index (χ1n) is 6.92. The Kier molecular flexibility index (Phi) is 4.58. The molecule has 2 rings (SSSR count). The average Bonchev–Trinajstić information content (AvgIpc) is 2.86. The fourth-order valence-corrected chi connectivity index (χ4v) is 2.71. The predicted molar refractivity (Wildman–Crippen MR) is 72.6 cm³/mol. The number of imidazole rings is 1. The van der Waals surface area contributed by atoms with Crippen LogP contribution in [0.1, 0.15) is 38.4 Å². The van der Waals surface area contributed by atoms with Crippen LogP contribution in [0.3, 0.4) is 0 Å². The number of ether oxygens (including phenoxy) is 1. The number of carbonyl (C=O) groups excluding carboxylic acids is 1. The first-order chi connectivity index (χ1) is 9.11. The highest BCUT2D eigenvalue weighted by Gasteiger charge is 2.26. The summed E-state index contributed by atoms with van der Waals surface area (Å²) in [5, 5.41) is 0. The molecule has 5 heteroatoms. The summed E-state index contributed by atoms with van der Waals surface area (Å²) in [6.45, 7) is 6.98. The van der Waals surface area contributed by atoms with Gasteiger partial charge in [0.1, 0.15) is 0 Å². The zero-order chi connectivity index (χ0) is 13.8. The van der Waals surface area contributed by atoms with Crippen LogP contribution in [0.2, 0.25) is 0 Å². The molecule has 1 fully saturated rings. The highest BCUT2D eigenvalue weighted by Crippen LogP contribution is 2.20. The van der Waals surface area contributed by atoms with Crippen molar-refractivity contribution in [3.05, 3.63) is 18.2 Å². The van der Waals surface area contributed by atoms with Gasteiger partial charge in [0.25, 0.3) is 0 Å². The molecule has 19 heavy (non-hydrogen) atoms. The highest BCUT2D eigenvalue weighted by atomic mass is 16.5. The monoisotopic (exact) mass is 265 g/mol. The summed E-state index contributed by atoms with van der Waals surface area (Å²) in [4.78, 5) is 18.2. The summed E-state index contributed by atoms with van der Waals surface area (Å²) in [6, 6.07) is 0.415. The Hall–Kier alpha value is -1.36.